The first-order valence-corrected chi connectivity index (χ1v) is 7.42. The average Bonchev–Trinajstić information content (AvgIpc) is 3.26. The SMILES string of the molecule is CC(C)Oc1ccc(N2CC(=O)NC(C3CC3)C2=O)cc1. The molecule has 2 amide bonds. The normalized spacial score (nSPS) is 22.4. The Morgan fingerprint density at radius 3 is 2.43 bits per heavy atom. The van der Waals surface area contributed by atoms with Crippen molar-refractivity contribution in [1.29, 1.82) is 0 Å². The number of benzene rings is 1. The van der Waals surface area contributed by atoms with Gasteiger partial charge in [0.15, 0.2) is 0 Å². The fourth-order valence-corrected chi connectivity index (χ4v) is 2.61. The lowest BCUT2D eigenvalue weighted by Crippen LogP contribution is -2.59. The zero-order valence-corrected chi connectivity index (χ0v) is 12.3. The number of hydrogen-bond donors (Lipinski definition) is 1. The van der Waals surface area contributed by atoms with E-state index in [1.165, 1.54) is 0 Å². The van der Waals surface area contributed by atoms with Gasteiger partial charge in [0.05, 0.1) is 6.10 Å². The summed E-state index contributed by atoms with van der Waals surface area (Å²) in [6, 6.07) is 6.98. The van der Waals surface area contributed by atoms with Gasteiger partial charge in [0.25, 0.3) is 0 Å². The first-order chi connectivity index (χ1) is 10.0. The number of rotatable bonds is 4. The Bertz CT molecular complexity index is 549. The van der Waals surface area contributed by atoms with Crippen molar-refractivity contribution >= 4 is 17.5 Å². The van der Waals surface area contributed by atoms with Crippen LogP contribution < -0.4 is 15.0 Å². The highest BCUT2D eigenvalue weighted by Crippen LogP contribution is 2.35. The van der Waals surface area contributed by atoms with Crippen LogP contribution in [-0.4, -0.2) is 30.5 Å². The van der Waals surface area contributed by atoms with Crippen LogP contribution in [0.25, 0.3) is 0 Å². The zero-order chi connectivity index (χ0) is 15.0. The van der Waals surface area contributed by atoms with Gasteiger partial charge in [-0.1, -0.05) is 0 Å². The van der Waals surface area contributed by atoms with E-state index in [-0.39, 0.29) is 30.5 Å². The van der Waals surface area contributed by atoms with Crippen molar-refractivity contribution in [3.05, 3.63) is 24.3 Å². The van der Waals surface area contributed by atoms with Crippen LogP contribution in [0.2, 0.25) is 0 Å². The highest BCUT2D eigenvalue weighted by atomic mass is 16.5. The van der Waals surface area contributed by atoms with Gasteiger partial charge in [0.2, 0.25) is 11.8 Å². The summed E-state index contributed by atoms with van der Waals surface area (Å²) in [4.78, 5) is 25.9. The number of amides is 2. The first-order valence-electron chi connectivity index (χ1n) is 7.42. The van der Waals surface area contributed by atoms with Crippen LogP contribution in [-0.2, 0) is 9.59 Å². The molecule has 2 fully saturated rings. The molecular formula is C16H20N2O3. The minimum absolute atomic E-state index is 0.00497. The highest BCUT2D eigenvalue weighted by Gasteiger charge is 2.42. The predicted octanol–water partition coefficient (Wildman–Crippen LogP) is 1.72. The topological polar surface area (TPSA) is 58.6 Å². The van der Waals surface area contributed by atoms with Crippen molar-refractivity contribution in [2.75, 3.05) is 11.4 Å². The number of nitrogens with one attached hydrogen (secondary N) is 1. The molecule has 1 atom stereocenters. The van der Waals surface area contributed by atoms with E-state index in [1.54, 1.807) is 4.90 Å². The summed E-state index contributed by atoms with van der Waals surface area (Å²) in [5.74, 6) is 0.984. The van der Waals surface area contributed by atoms with E-state index < -0.39 is 0 Å². The molecule has 0 spiro atoms. The van der Waals surface area contributed by atoms with Gasteiger partial charge in [-0.15, -0.1) is 0 Å². The van der Waals surface area contributed by atoms with Gasteiger partial charge in [0.1, 0.15) is 18.3 Å². The summed E-state index contributed by atoms with van der Waals surface area (Å²) < 4.78 is 5.59. The van der Waals surface area contributed by atoms with Crippen molar-refractivity contribution in [2.45, 2.75) is 38.8 Å². The van der Waals surface area contributed by atoms with Gasteiger partial charge in [-0.3, -0.25) is 9.59 Å². The molecule has 0 aromatic heterocycles. The van der Waals surface area contributed by atoms with Gasteiger partial charge in [0, 0.05) is 5.69 Å². The molecule has 1 saturated carbocycles. The summed E-state index contributed by atoms with van der Waals surface area (Å²) in [7, 11) is 0. The van der Waals surface area contributed by atoms with Crippen molar-refractivity contribution in [1.82, 2.24) is 5.32 Å². The summed E-state index contributed by atoms with van der Waals surface area (Å²) in [6.45, 7) is 4.02. The molecule has 1 unspecified atom stereocenters. The number of hydrogen-bond acceptors (Lipinski definition) is 3. The van der Waals surface area contributed by atoms with Gasteiger partial charge in [-0.25, -0.2) is 0 Å². The maximum atomic E-state index is 12.5. The van der Waals surface area contributed by atoms with Crippen molar-refractivity contribution in [3.63, 3.8) is 0 Å². The third-order valence-electron chi connectivity index (χ3n) is 3.76. The lowest BCUT2D eigenvalue weighted by atomic mass is 10.1. The van der Waals surface area contributed by atoms with Crippen molar-refractivity contribution < 1.29 is 14.3 Å². The van der Waals surface area contributed by atoms with E-state index in [0.29, 0.717) is 5.92 Å². The smallest absolute Gasteiger partial charge is 0.250 e. The van der Waals surface area contributed by atoms with E-state index in [2.05, 4.69) is 5.32 Å². The molecule has 112 valence electrons. The molecule has 1 N–H and O–H groups in total. The molecule has 0 bridgehead atoms. The van der Waals surface area contributed by atoms with Crippen LogP contribution in [0.3, 0.4) is 0 Å². The minimum atomic E-state index is -0.349. The van der Waals surface area contributed by atoms with E-state index >= 15 is 0 Å². The molecule has 5 nitrogen and oxygen atoms in total. The number of nitrogens with zero attached hydrogens (tertiary/aromatic N) is 1. The third kappa shape index (κ3) is 3.01. The minimum Gasteiger partial charge on any atom is -0.491 e. The molecule has 1 aliphatic heterocycles. The van der Waals surface area contributed by atoms with E-state index in [0.717, 1.165) is 24.3 Å². The Morgan fingerprint density at radius 1 is 1.19 bits per heavy atom. The van der Waals surface area contributed by atoms with Gasteiger partial charge in [-0.05, 0) is 56.9 Å². The van der Waals surface area contributed by atoms with Crippen LogP contribution in [0, 0.1) is 5.92 Å². The third-order valence-corrected chi connectivity index (χ3v) is 3.76. The van der Waals surface area contributed by atoms with Crippen LogP contribution in [0.4, 0.5) is 5.69 Å². The van der Waals surface area contributed by atoms with Gasteiger partial charge >= 0.3 is 0 Å². The largest absolute Gasteiger partial charge is 0.491 e. The number of carbonyl (C=O) groups excluding carboxylic acids is 2. The molecule has 1 aliphatic carbocycles. The summed E-state index contributed by atoms with van der Waals surface area (Å²) in [5, 5.41) is 2.81. The Hall–Kier alpha value is -2.04. The Balaban J connectivity index is 1.77. The number of ether oxygens (including phenoxy) is 1. The standard InChI is InChI=1S/C16H20N2O3/c1-10(2)21-13-7-5-12(6-8-13)18-9-14(19)17-15(16(18)20)11-3-4-11/h5-8,10-11,15H,3-4,9H2,1-2H3,(H,17,19). The quantitative estimate of drug-likeness (QED) is 0.917. The lowest BCUT2D eigenvalue weighted by molar-refractivity contribution is -0.131. The maximum Gasteiger partial charge on any atom is 0.250 e. The predicted molar refractivity (Wildman–Crippen MR) is 79.2 cm³/mol. The molecule has 1 aromatic carbocycles. The van der Waals surface area contributed by atoms with Crippen LogP contribution in [0.15, 0.2) is 24.3 Å². The first kappa shape index (κ1) is 13.9. The molecule has 21 heavy (non-hydrogen) atoms. The van der Waals surface area contributed by atoms with Gasteiger partial charge < -0.3 is 15.0 Å². The molecule has 2 aliphatic rings. The number of piperazine rings is 1. The van der Waals surface area contributed by atoms with Gasteiger partial charge in [-0.2, -0.15) is 0 Å². The molecule has 5 heteroatoms. The molecule has 1 saturated heterocycles. The van der Waals surface area contributed by atoms with Crippen molar-refractivity contribution in [2.24, 2.45) is 5.92 Å². The number of carbonyl (C=O) groups is 2. The maximum absolute atomic E-state index is 12.5. The fourth-order valence-electron chi connectivity index (χ4n) is 2.61. The summed E-state index contributed by atoms with van der Waals surface area (Å²) >= 11 is 0. The molecule has 3 rings (SSSR count). The Morgan fingerprint density at radius 2 is 1.86 bits per heavy atom. The van der Waals surface area contributed by atoms with E-state index in [1.807, 2.05) is 38.1 Å². The zero-order valence-electron chi connectivity index (χ0n) is 12.3. The molecule has 0 radical (unpaired) electrons. The highest BCUT2D eigenvalue weighted by molar-refractivity contribution is 6.06. The average molecular weight is 288 g/mol. The van der Waals surface area contributed by atoms with Crippen molar-refractivity contribution in [3.8, 4) is 5.75 Å². The van der Waals surface area contributed by atoms with Crippen LogP contribution >= 0.6 is 0 Å². The van der Waals surface area contributed by atoms with Crippen LogP contribution in [0.5, 0.6) is 5.75 Å². The molecular weight excluding hydrogens is 268 g/mol. The van der Waals surface area contributed by atoms with E-state index in [4.69, 9.17) is 4.74 Å². The molecule has 1 heterocycles. The lowest BCUT2D eigenvalue weighted by Gasteiger charge is -2.32. The fraction of sp³-hybridized carbons (Fsp3) is 0.500. The van der Waals surface area contributed by atoms with Crippen LogP contribution in [0.1, 0.15) is 26.7 Å². The number of anilines is 1. The van der Waals surface area contributed by atoms with E-state index in [9.17, 15) is 9.59 Å². The monoisotopic (exact) mass is 288 g/mol. The second-order valence-electron chi connectivity index (χ2n) is 5.97. The summed E-state index contributed by atoms with van der Waals surface area (Å²) in [6.07, 6.45) is 2.15. The second kappa shape index (κ2) is 5.39. The second-order valence-corrected chi connectivity index (χ2v) is 5.97. The molecule has 1 aromatic rings. The Labute approximate surface area is 124 Å². The summed E-state index contributed by atoms with van der Waals surface area (Å²) in [5.41, 5.74) is 0.747. The Kier molecular flexibility index (Phi) is 3.57.